The third-order valence-electron chi connectivity index (χ3n) is 5.86. The van der Waals surface area contributed by atoms with Gasteiger partial charge in [-0.15, -0.1) is 0 Å². The van der Waals surface area contributed by atoms with Gasteiger partial charge in [-0.05, 0) is 44.0 Å². The summed E-state index contributed by atoms with van der Waals surface area (Å²) in [6.45, 7) is 5.34. The van der Waals surface area contributed by atoms with Crippen molar-refractivity contribution in [3.63, 3.8) is 0 Å². The molecule has 0 bridgehead atoms. The molecule has 7 nitrogen and oxygen atoms in total. The maximum atomic E-state index is 12.9. The summed E-state index contributed by atoms with van der Waals surface area (Å²) in [5.74, 6) is -4.48. The van der Waals surface area contributed by atoms with Crippen molar-refractivity contribution in [3.05, 3.63) is 65.7 Å². The van der Waals surface area contributed by atoms with Crippen LogP contribution in [-0.4, -0.2) is 41.6 Å². The number of Topliss-reactive ketones (excluding diaryl/α,β-unsaturated/α-hetero) is 1. The SMILES string of the molecule is CCOC(=O)C1C(=O)CC(C)(O)C(C(=O)OCC)C1c1ccc(OCc2ccccc2)cc1. The van der Waals surface area contributed by atoms with Crippen LogP contribution in [0.3, 0.4) is 0 Å². The van der Waals surface area contributed by atoms with Crippen molar-refractivity contribution in [2.75, 3.05) is 13.2 Å². The van der Waals surface area contributed by atoms with Crippen molar-refractivity contribution in [1.29, 1.82) is 0 Å². The number of carbonyl (C=O) groups is 3. The van der Waals surface area contributed by atoms with Gasteiger partial charge in [-0.2, -0.15) is 0 Å². The van der Waals surface area contributed by atoms with Crippen LogP contribution in [0.15, 0.2) is 54.6 Å². The van der Waals surface area contributed by atoms with Gasteiger partial charge in [0.05, 0.1) is 24.7 Å². The molecule has 1 fully saturated rings. The molecule has 2 aromatic carbocycles. The Labute approximate surface area is 193 Å². The van der Waals surface area contributed by atoms with Crippen LogP contribution in [0.2, 0.25) is 0 Å². The van der Waals surface area contributed by atoms with E-state index in [0.717, 1.165) is 5.56 Å². The Balaban J connectivity index is 1.94. The van der Waals surface area contributed by atoms with Gasteiger partial charge in [0.15, 0.2) is 5.78 Å². The predicted molar refractivity (Wildman–Crippen MR) is 120 cm³/mol. The number of carbonyl (C=O) groups excluding carboxylic acids is 3. The van der Waals surface area contributed by atoms with Crippen molar-refractivity contribution >= 4 is 17.7 Å². The lowest BCUT2D eigenvalue weighted by atomic mass is 9.61. The molecular formula is C26H30O7. The first-order chi connectivity index (χ1) is 15.8. The zero-order chi connectivity index (χ0) is 24.0. The Morgan fingerprint density at radius 3 is 2.18 bits per heavy atom. The van der Waals surface area contributed by atoms with Gasteiger partial charge in [0.2, 0.25) is 0 Å². The second-order valence-electron chi connectivity index (χ2n) is 8.33. The van der Waals surface area contributed by atoms with Crippen molar-refractivity contribution in [2.45, 2.75) is 45.3 Å². The van der Waals surface area contributed by atoms with Crippen LogP contribution in [0.25, 0.3) is 0 Å². The highest BCUT2D eigenvalue weighted by atomic mass is 16.5. The van der Waals surface area contributed by atoms with E-state index in [9.17, 15) is 19.5 Å². The van der Waals surface area contributed by atoms with E-state index in [1.165, 1.54) is 6.92 Å². The van der Waals surface area contributed by atoms with Gasteiger partial charge in [-0.25, -0.2) is 0 Å². The third-order valence-corrected chi connectivity index (χ3v) is 5.86. The van der Waals surface area contributed by atoms with E-state index in [0.29, 0.717) is 17.9 Å². The molecule has 0 saturated heterocycles. The minimum atomic E-state index is -1.67. The fraction of sp³-hybridized carbons (Fsp3) is 0.423. The zero-order valence-electron chi connectivity index (χ0n) is 19.2. The summed E-state index contributed by atoms with van der Waals surface area (Å²) in [6, 6.07) is 16.6. The van der Waals surface area contributed by atoms with E-state index in [2.05, 4.69) is 0 Å². The normalized spacial score (nSPS) is 24.7. The van der Waals surface area contributed by atoms with Crippen LogP contribution in [-0.2, 0) is 30.5 Å². The molecule has 1 saturated carbocycles. The molecule has 2 aromatic rings. The van der Waals surface area contributed by atoms with Crippen molar-refractivity contribution in [3.8, 4) is 5.75 Å². The zero-order valence-corrected chi connectivity index (χ0v) is 19.2. The van der Waals surface area contributed by atoms with Crippen LogP contribution < -0.4 is 4.74 Å². The Bertz CT molecular complexity index is 966. The predicted octanol–water partition coefficient (Wildman–Crippen LogP) is 3.43. The first-order valence-electron chi connectivity index (χ1n) is 11.1. The first kappa shape index (κ1) is 24.5. The number of ketones is 1. The van der Waals surface area contributed by atoms with E-state index in [4.69, 9.17) is 14.2 Å². The molecule has 1 N–H and O–H groups in total. The highest BCUT2D eigenvalue weighted by molar-refractivity contribution is 6.02. The van der Waals surface area contributed by atoms with Gasteiger partial charge >= 0.3 is 11.9 Å². The van der Waals surface area contributed by atoms with Crippen LogP contribution in [0.1, 0.15) is 44.2 Å². The lowest BCUT2D eigenvalue weighted by molar-refractivity contribution is -0.172. The number of benzene rings is 2. The molecule has 4 unspecified atom stereocenters. The second-order valence-corrected chi connectivity index (χ2v) is 8.33. The minimum Gasteiger partial charge on any atom is -0.489 e. The maximum Gasteiger partial charge on any atom is 0.317 e. The van der Waals surface area contributed by atoms with Crippen LogP contribution >= 0.6 is 0 Å². The van der Waals surface area contributed by atoms with E-state index in [-0.39, 0.29) is 19.6 Å². The molecular weight excluding hydrogens is 424 g/mol. The van der Waals surface area contributed by atoms with Gasteiger partial charge in [-0.1, -0.05) is 42.5 Å². The summed E-state index contributed by atoms with van der Waals surface area (Å²) < 4.78 is 16.2. The third kappa shape index (κ3) is 5.60. The van der Waals surface area contributed by atoms with E-state index < -0.39 is 41.1 Å². The summed E-state index contributed by atoms with van der Waals surface area (Å²) in [4.78, 5) is 38.6. The van der Waals surface area contributed by atoms with Gasteiger partial charge in [0.25, 0.3) is 0 Å². The molecule has 0 aromatic heterocycles. The molecule has 4 atom stereocenters. The molecule has 3 rings (SSSR count). The van der Waals surface area contributed by atoms with Gasteiger partial charge in [-0.3, -0.25) is 14.4 Å². The van der Waals surface area contributed by atoms with Crippen molar-refractivity contribution in [1.82, 2.24) is 0 Å². The van der Waals surface area contributed by atoms with Crippen molar-refractivity contribution < 1.29 is 33.7 Å². The second kappa shape index (κ2) is 10.6. The molecule has 7 heteroatoms. The fourth-order valence-electron chi connectivity index (χ4n) is 4.41. The molecule has 33 heavy (non-hydrogen) atoms. The number of esters is 2. The molecule has 1 aliphatic carbocycles. The summed E-state index contributed by atoms with van der Waals surface area (Å²) in [5, 5.41) is 11.0. The quantitative estimate of drug-likeness (QED) is 0.482. The molecule has 1 aliphatic rings. The maximum absolute atomic E-state index is 12.9. The Morgan fingerprint density at radius 1 is 0.970 bits per heavy atom. The number of hydrogen-bond donors (Lipinski definition) is 1. The topological polar surface area (TPSA) is 99.1 Å². The summed E-state index contributed by atoms with van der Waals surface area (Å²) in [6.07, 6.45) is -0.339. The molecule has 0 heterocycles. The summed E-state index contributed by atoms with van der Waals surface area (Å²) in [5.41, 5.74) is -0.105. The summed E-state index contributed by atoms with van der Waals surface area (Å²) >= 11 is 0. The number of rotatable bonds is 8. The van der Waals surface area contributed by atoms with Crippen LogP contribution in [0, 0.1) is 11.8 Å². The molecule has 176 valence electrons. The highest BCUT2D eigenvalue weighted by Gasteiger charge is 2.57. The van der Waals surface area contributed by atoms with Gasteiger partial charge < -0.3 is 19.3 Å². The average molecular weight is 455 g/mol. The molecule has 0 aliphatic heterocycles. The minimum absolute atomic E-state index is 0.0993. The number of ether oxygens (including phenoxy) is 3. The van der Waals surface area contributed by atoms with Crippen LogP contribution in [0.4, 0.5) is 0 Å². The molecule has 0 amide bonds. The number of aliphatic hydroxyl groups is 1. The lowest BCUT2D eigenvalue weighted by Crippen LogP contribution is -2.55. The average Bonchev–Trinajstić information content (AvgIpc) is 2.78. The Morgan fingerprint density at radius 2 is 1.58 bits per heavy atom. The number of hydrogen-bond acceptors (Lipinski definition) is 7. The van der Waals surface area contributed by atoms with E-state index in [1.807, 2.05) is 30.3 Å². The Hall–Kier alpha value is -3.19. The fourth-order valence-corrected chi connectivity index (χ4v) is 4.41. The monoisotopic (exact) mass is 454 g/mol. The summed E-state index contributed by atoms with van der Waals surface area (Å²) in [7, 11) is 0. The van der Waals surface area contributed by atoms with Crippen LogP contribution in [0.5, 0.6) is 5.75 Å². The van der Waals surface area contributed by atoms with E-state index in [1.54, 1.807) is 38.1 Å². The molecule has 0 spiro atoms. The standard InChI is InChI=1S/C26H30O7/c1-4-31-24(28)22-20(27)15-26(3,30)23(25(29)32-5-2)21(22)18-11-13-19(14-12-18)33-16-17-9-7-6-8-10-17/h6-14,21-23,30H,4-5,15-16H2,1-3H3. The van der Waals surface area contributed by atoms with E-state index >= 15 is 0 Å². The largest absolute Gasteiger partial charge is 0.489 e. The highest BCUT2D eigenvalue weighted by Crippen LogP contribution is 2.47. The van der Waals surface area contributed by atoms with Gasteiger partial charge in [0, 0.05) is 12.3 Å². The van der Waals surface area contributed by atoms with Crippen molar-refractivity contribution in [2.24, 2.45) is 11.8 Å². The lowest BCUT2D eigenvalue weighted by Gasteiger charge is -2.43. The first-order valence-corrected chi connectivity index (χ1v) is 11.1. The Kier molecular flexibility index (Phi) is 7.87. The molecule has 0 radical (unpaired) electrons. The van der Waals surface area contributed by atoms with Gasteiger partial charge in [0.1, 0.15) is 18.3 Å². The smallest absolute Gasteiger partial charge is 0.317 e.